The molecule has 0 saturated carbocycles. The fourth-order valence-electron chi connectivity index (χ4n) is 1.86. The standard InChI is InChI=1S/C9H22N3/c1-8-5-9(10)7-11(6-8)12(2,3)4/h8-9H,5-7,10H2,1-4H3/q+1. The minimum atomic E-state index is 0.367. The van der Waals surface area contributed by atoms with Crippen LogP contribution in [-0.2, 0) is 0 Å². The van der Waals surface area contributed by atoms with E-state index in [0.29, 0.717) is 6.04 Å². The Bertz CT molecular complexity index is 140. The Labute approximate surface area is 75.7 Å². The minimum absolute atomic E-state index is 0.367. The average molecular weight is 172 g/mol. The van der Waals surface area contributed by atoms with Crippen LogP contribution >= 0.6 is 0 Å². The topological polar surface area (TPSA) is 29.3 Å². The molecule has 3 nitrogen and oxygen atoms in total. The second-order valence-electron chi connectivity index (χ2n) is 4.91. The summed E-state index contributed by atoms with van der Waals surface area (Å²) in [6.07, 6.45) is 1.18. The van der Waals surface area contributed by atoms with Gasteiger partial charge >= 0.3 is 0 Å². The maximum absolute atomic E-state index is 5.96. The van der Waals surface area contributed by atoms with Gasteiger partial charge in [-0.3, -0.25) is 4.59 Å². The summed E-state index contributed by atoms with van der Waals surface area (Å²) >= 11 is 0. The van der Waals surface area contributed by atoms with Crippen molar-refractivity contribution in [1.82, 2.24) is 5.01 Å². The van der Waals surface area contributed by atoms with Crippen LogP contribution in [0.15, 0.2) is 0 Å². The third-order valence-electron chi connectivity index (χ3n) is 2.52. The first-order valence-corrected chi connectivity index (χ1v) is 4.72. The molecule has 3 heteroatoms. The zero-order chi connectivity index (χ0) is 9.35. The number of hydrogen-bond donors (Lipinski definition) is 1. The zero-order valence-electron chi connectivity index (χ0n) is 8.75. The average Bonchev–Trinajstić information content (AvgIpc) is 1.82. The maximum Gasteiger partial charge on any atom is 0.0855 e. The Morgan fingerprint density at radius 3 is 2.25 bits per heavy atom. The quantitative estimate of drug-likeness (QED) is 0.576. The highest BCUT2D eigenvalue weighted by atomic mass is 15.7. The van der Waals surface area contributed by atoms with Crippen LogP contribution in [-0.4, -0.2) is 49.9 Å². The van der Waals surface area contributed by atoms with E-state index in [4.69, 9.17) is 5.73 Å². The van der Waals surface area contributed by atoms with Crippen LogP contribution in [0.5, 0.6) is 0 Å². The third-order valence-corrected chi connectivity index (χ3v) is 2.52. The van der Waals surface area contributed by atoms with Crippen molar-refractivity contribution in [3.05, 3.63) is 0 Å². The van der Waals surface area contributed by atoms with Gasteiger partial charge in [0.25, 0.3) is 0 Å². The van der Waals surface area contributed by atoms with E-state index in [1.165, 1.54) is 13.0 Å². The summed E-state index contributed by atoms with van der Waals surface area (Å²) in [5, 5.41) is 2.43. The van der Waals surface area contributed by atoms with Gasteiger partial charge in [0.15, 0.2) is 0 Å². The van der Waals surface area contributed by atoms with Gasteiger partial charge in [-0.25, -0.2) is 0 Å². The van der Waals surface area contributed by atoms with Crippen molar-refractivity contribution in [3.63, 3.8) is 0 Å². The molecule has 0 aromatic carbocycles. The summed E-state index contributed by atoms with van der Waals surface area (Å²) in [4.78, 5) is 0. The van der Waals surface area contributed by atoms with Crippen LogP contribution in [0.4, 0.5) is 0 Å². The Hall–Kier alpha value is -0.120. The van der Waals surface area contributed by atoms with Crippen molar-refractivity contribution in [2.45, 2.75) is 19.4 Å². The molecule has 1 fully saturated rings. The summed E-state index contributed by atoms with van der Waals surface area (Å²) in [5.74, 6) is 0.742. The second-order valence-corrected chi connectivity index (χ2v) is 4.91. The van der Waals surface area contributed by atoms with Crippen LogP contribution in [0.1, 0.15) is 13.3 Å². The van der Waals surface area contributed by atoms with E-state index in [1.54, 1.807) is 0 Å². The van der Waals surface area contributed by atoms with Gasteiger partial charge in [0.05, 0.1) is 34.2 Å². The van der Waals surface area contributed by atoms with Gasteiger partial charge in [-0.2, -0.15) is 5.01 Å². The van der Waals surface area contributed by atoms with E-state index in [0.717, 1.165) is 17.1 Å². The predicted molar refractivity (Wildman–Crippen MR) is 51.4 cm³/mol. The van der Waals surface area contributed by atoms with Crippen LogP contribution in [0, 0.1) is 5.92 Å². The highest BCUT2D eigenvalue weighted by molar-refractivity contribution is 4.75. The summed E-state index contributed by atoms with van der Waals surface area (Å²) in [5.41, 5.74) is 5.96. The van der Waals surface area contributed by atoms with Crippen molar-refractivity contribution in [2.75, 3.05) is 34.2 Å². The number of rotatable bonds is 1. The van der Waals surface area contributed by atoms with E-state index < -0.39 is 0 Å². The smallest absolute Gasteiger partial charge is 0.0855 e. The maximum atomic E-state index is 5.96. The summed E-state index contributed by atoms with van der Waals surface area (Å²) in [6, 6.07) is 0.367. The largest absolute Gasteiger partial charge is 0.326 e. The molecule has 0 amide bonds. The Morgan fingerprint density at radius 1 is 1.25 bits per heavy atom. The van der Waals surface area contributed by atoms with Gasteiger partial charge in [0.1, 0.15) is 0 Å². The fraction of sp³-hybridized carbons (Fsp3) is 1.00. The number of piperidine rings is 1. The van der Waals surface area contributed by atoms with Crippen LogP contribution in [0.2, 0.25) is 0 Å². The first-order valence-electron chi connectivity index (χ1n) is 4.72. The normalized spacial score (nSPS) is 33.8. The van der Waals surface area contributed by atoms with E-state index in [2.05, 4.69) is 33.1 Å². The SMILES string of the molecule is CC1CC(N)CN([N+](C)(C)C)C1. The molecule has 0 spiro atoms. The molecule has 0 aromatic heterocycles. The molecule has 0 bridgehead atoms. The Balaban J connectivity index is 2.55. The number of nitrogens with two attached hydrogens (primary N) is 1. The molecule has 0 aliphatic carbocycles. The highest BCUT2D eigenvalue weighted by Crippen LogP contribution is 2.17. The van der Waals surface area contributed by atoms with Crippen LogP contribution in [0.25, 0.3) is 0 Å². The monoisotopic (exact) mass is 172 g/mol. The molecule has 1 aliphatic heterocycles. The van der Waals surface area contributed by atoms with Crippen molar-refractivity contribution in [2.24, 2.45) is 11.7 Å². The first-order chi connectivity index (χ1) is 5.39. The zero-order valence-corrected chi connectivity index (χ0v) is 8.75. The Kier molecular flexibility index (Phi) is 2.76. The molecule has 1 saturated heterocycles. The summed E-state index contributed by atoms with van der Waals surface area (Å²) in [6.45, 7) is 4.49. The lowest BCUT2D eigenvalue weighted by molar-refractivity contribution is -0.988. The molecular formula is C9H22N3+. The third kappa shape index (κ3) is 2.44. The van der Waals surface area contributed by atoms with Crippen molar-refractivity contribution >= 4 is 0 Å². The molecule has 72 valence electrons. The molecule has 0 aromatic rings. The lowest BCUT2D eigenvalue weighted by Gasteiger charge is -2.42. The molecule has 12 heavy (non-hydrogen) atoms. The van der Waals surface area contributed by atoms with Crippen LogP contribution < -0.4 is 5.73 Å². The molecule has 1 rings (SSSR count). The number of quaternary nitrogens is 1. The lowest BCUT2D eigenvalue weighted by Crippen LogP contribution is -2.59. The Morgan fingerprint density at radius 2 is 1.83 bits per heavy atom. The predicted octanol–water partition coefficient (Wildman–Crippen LogP) is 0.277. The van der Waals surface area contributed by atoms with E-state index in [-0.39, 0.29) is 0 Å². The van der Waals surface area contributed by atoms with E-state index in [1.807, 2.05) is 0 Å². The first kappa shape index (κ1) is 9.96. The van der Waals surface area contributed by atoms with Crippen molar-refractivity contribution in [3.8, 4) is 0 Å². The summed E-state index contributed by atoms with van der Waals surface area (Å²) < 4.78 is 0.901. The van der Waals surface area contributed by atoms with Gasteiger partial charge in [-0.05, 0) is 12.3 Å². The van der Waals surface area contributed by atoms with E-state index in [9.17, 15) is 0 Å². The molecule has 2 unspecified atom stereocenters. The van der Waals surface area contributed by atoms with Crippen molar-refractivity contribution < 1.29 is 4.59 Å². The fourth-order valence-corrected chi connectivity index (χ4v) is 1.86. The van der Waals surface area contributed by atoms with Gasteiger partial charge in [0, 0.05) is 6.04 Å². The van der Waals surface area contributed by atoms with Gasteiger partial charge in [-0.15, -0.1) is 0 Å². The molecule has 1 heterocycles. The van der Waals surface area contributed by atoms with Gasteiger partial charge in [0.2, 0.25) is 0 Å². The number of hydrogen-bond acceptors (Lipinski definition) is 2. The van der Waals surface area contributed by atoms with E-state index >= 15 is 0 Å². The minimum Gasteiger partial charge on any atom is -0.326 e. The molecular weight excluding hydrogens is 150 g/mol. The van der Waals surface area contributed by atoms with Gasteiger partial charge < -0.3 is 5.73 Å². The summed E-state index contributed by atoms with van der Waals surface area (Å²) in [7, 11) is 6.60. The molecule has 2 N–H and O–H groups in total. The number of nitrogens with zero attached hydrogens (tertiary/aromatic N) is 2. The highest BCUT2D eigenvalue weighted by Gasteiger charge is 2.30. The van der Waals surface area contributed by atoms with Gasteiger partial charge in [-0.1, -0.05) is 6.92 Å². The molecule has 2 atom stereocenters. The lowest BCUT2D eigenvalue weighted by atomic mass is 9.98. The van der Waals surface area contributed by atoms with Crippen molar-refractivity contribution in [1.29, 1.82) is 0 Å². The molecule has 0 radical (unpaired) electrons. The molecule has 1 aliphatic rings. The van der Waals surface area contributed by atoms with Crippen LogP contribution in [0.3, 0.4) is 0 Å². The second kappa shape index (κ2) is 3.32.